The van der Waals surface area contributed by atoms with Gasteiger partial charge >= 0.3 is 0 Å². The van der Waals surface area contributed by atoms with E-state index in [4.69, 9.17) is 5.73 Å². The van der Waals surface area contributed by atoms with E-state index in [1.54, 1.807) is 0 Å². The van der Waals surface area contributed by atoms with Gasteiger partial charge in [0, 0.05) is 22.6 Å². The van der Waals surface area contributed by atoms with Crippen molar-refractivity contribution >= 4 is 10.8 Å². The molecule has 0 bridgehead atoms. The predicted octanol–water partition coefficient (Wildman–Crippen LogP) is 2.83. The Morgan fingerprint density at radius 2 is 2.06 bits per heavy atom. The highest BCUT2D eigenvalue weighted by Gasteiger charge is 2.38. The topological polar surface area (TPSA) is 43.1 Å². The Hall–Kier alpha value is 0.110. The number of nitrogens with two attached hydrogens (primary N) is 1. The summed E-state index contributed by atoms with van der Waals surface area (Å²) in [7, 11) is -0.710. The summed E-state index contributed by atoms with van der Waals surface area (Å²) in [6.07, 6.45) is 6.90. The Kier molecular flexibility index (Phi) is 5.45. The molecular weight excluding hydrogens is 218 g/mol. The molecule has 3 atom stereocenters. The van der Waals surface area contributed by atoms with Crippen molar-refractivity contribution in [2.75, 3.05) is 5.75 Å². The van der Waals surface area contributed by atoms with Crippen LogP contribution in [0.5, 0.6) is 0 Å². The molecule has 0 radical (unpaired) electrons. The number of hydrogen-bond acceptors (Lipinski definition) is 2. The first kappa shape index (κ1) is 14.2. The highest BCUT2D eigenvalue weighted by atomic mass is 32.2. The maximum atomic E-state index is 12.2. The summed E-state index contributed by atoms with van der Waals surface area (Å²) in [6.45, 7) is 6.61. The monoisotopic (exact) mass is 245 g/mol. The van der Waals surface area contributed by atoms with E-state index in [1.165, 1.54) is 25.7 Å². The van der Waals surface area contributed by atoms with Gasteiger partial charge in [-0.3, -0.25) is 4.21 Å². The summed E-state index contributed by atoms with van der Waals surface area (Å²) in [5, 5.41) is 0.237. The van der Waals surface area contributed by atoms with Crippen molar-refractivity contribution < 1.29 is 4.21 Å². The van der Waals surface area contributed by atoms with Crippen molar-refractivity contribution in [2.24, 2.45) is 11.1 Å². The molecule has 1 aliphatic carbocycles. The minimum Gasteiger partial charge on any atom is -0.326 e. The van der Waals surface area contributed by atoms with E-state index in [9.17, 15) is 4.21 Å². The molecule has 0 aromatic rings. The molecule has 3 heteroatoms. The normalized spacial score (nSPS) is 31.2. The minimum atomic E-state index is -0.710. The SMILES string of the molecule is CCCCCS(=O)C1CCCC(C)(C)C1N. The van der Waals surface area contributed by atoms with Crippen molar-refractivity contribution in [1.82, 2.24) is 0 Å². The van der Waals surface area contributed by atoms with Crippen molar-refractivity contribution in [1.29, 1.82) is 0 Å². The third-order valence-electron chi connectivity index (χ3n) is 3.90. The van der Waals surface area contributed by atoms with Crippen molar-refractivity contribution in [3.63, 3.8) is 0 Å². The van der Waals surface area contributed by atoms with Gasteiger partial charge in [-0.2, -0.15) is 0 Å². The van der Waals surface area contributed by atoms with Crippen LogP contribution >= 0.6 is 0 Å². The molecule has 1 saturated carbocycles. The van der Waals surface area contributed by atoms with Crippen molar-refractivity contribution in [3.8, 4) is 0 Å². The molecule has 16 heavy (non-hydrogen) atoms. The first-order valence-electron chi connectivity index (χ1n) is 6.62. The Labute approximate surface area is 103 Å². The molecule has 0 saturated heterocycles. The summed E-state index contributed by atoms with van der Waals surface area (Å²) >= 11 is 0. The van der Waals surface area contributed by atoms with Gasteiger partial charge in [-0.1, -0.05) is 40.0 Å². The molecule has 0 aromatic carbocycles. The zero-order valence-corrected chi connectivity index (χ0v) is 11.8. The van der Waals surface area contributed by atoms with Crippen molar-refractivity contribution in [2.45, 2.75) is 70.6 Å². The second kappa shape index (κ2) is 6.15. The van der Waals surface area contributed by atoms with E-state index in [-0.39, 0.29) is 16.7 Å². The summed E-state index contributed by atoms with van der Waals surface area (Å²) in [4.78, 5) is 0. The van der Waals surface area contributed by atoms with Crippen LogP contribution in [-0.4, -0.2) is 21.3 Å². The van der Waals surface area contributed by atoms with Crippen LogP contribution in [0.15, 0.2) is 0 Å². The van der Waals surface area contributed by atoms with Gasteiger partial charge in [-0.15, -0.1) is 0 Å². The molecule has 0 amide bonds. The van der Waals surface area contributed by atoms with Gasteiger partial charge in [0.1, 0.15) is 0 Å². The van der Waals surface area contributed by atoms with Crippen LogP contribution in [0.3, 0.4) is 0 Å². The maximum Gasteiger partial charge on any atom is 0.0504 e. The lowest BCUT2D eigenvalue weighted by Crippen LogP contribution is -2.51. The smallest absolute Gasteiger partial charge is 0.0504 e. The van der Waals surface area contributed by atoms with Gasteiger partial charge in [0.2, 0.25) is 0 Å². The molecule has 3 unspecified atom stereocenters. The summed E-state index contributed by atoms with van der Waals surface area (Å²) in [6, 6.07) is 0.115. The average Bonchev–Trinajstić information content (AvgIpc) is 2.22. The molecule has 0 aromatic heterocycles. The van der Waals surface area contributed by atoms with Gasteiger partial charge in [-0.25, -0.2) is 0 Å². The number of unbranched alkanes of at least 4 members (excludes halogenated alkanes) is 2. The molecular formula is C13H27NOS. The second-order valence-electron chi connectivity index (χ2n) is 5.74. The van der Waals surface area contributed by atoms with E-state index in [0.717, 1.165) is 18.6 Å². The fourth-order valence-corrected chi connectivity index (χ4v) is 4.47. The van der Waals surface area contributed by atoms with E-state index in [1.807, 2.05) is 0 Å². The Balaban J connectivity index is 2.48. The van der Waals surface area contributed by atoms with Gasteiger partial charge < -0.3 is 5.73 Å². The summed E-state index contributed by atoms with van der Waals surface area (Å²) in [5.41, 5.74) is 6.44. The Morgan fingerprint density at radius 1 is 1.38 bits per heavy atom. The summed E-state index contributed by atoms with van der Waals surface area (Å²) < 4.78 is 12.2. The predicted molar refractivity (Wildman–Crippen MR) is 71.9 cm³/mol. The molecule has 0 aliphatic heterocycles. The summed E-state index contributed by atoms with van der Waals surface area (Å²) in [5.74, 6) is 0.849. The molecule has 96 valence electrons. The molecule has 1 fully saturated rings. The van der Waals surface area contributed by atoms with Crippen molar-refractivity contribution in [3.05, 3.63) is 0 Å². The Bertz CT molecular complexity index is 240. The lowest BCUT2D eigenvalue weighted by atomic mass is 9.73. The van der Waals surface area contributed by atoms with Crippen LogP contribution in [0.1, 0.15) is 59.3 Å². The first-order chi connectivity index (χ1) is 7.49. The van der Waals surface area contributed by atoms with Crippen LogP contribution in [0, 0.1) is 5.41 Å². The zero-order valence-electron chi connectivity index (χ0n) is 11.0. The van der Waals surface area contributed by atoms with Gasteiger partial charge in [0.15, 0.2) is 0 Å². The van der Waals surface area contributed by atoms with Crippen LogP contribution in [0.25, 0.3) is 0 Å². The lowest BCUT2D eigenvalue weighted by molar-refractivity contribution is 0.206. The fraction of sp³-hybridized carbons (Fsp3) is 1.00. The van der Waals surface area contributed by atoms with E-state index in [0.29, 0.717) is 0 Å². The second-order valence-corrected chi connectivity index (χ2v) is 7.51. The third-order valence-corrected chi connectivity index (χ3v) is 5.79. The largest absolute Gasteiger partial charge is 0.326 e. The zero-order chi connectivity index (χ0) is 12.2. The standard InChI is InChI=1S/C13H27NOS/c1-4-5-6-10-16(15)11-8-7-9-13(2,3)12(11)14/h11-12H,4-10,14H2,1-3H3. The van der Waals surface area contributed by atoms with E-state index < -0.39 is 10.8 Å². The molecule has 1 aliphatic rings. The highest BCUT2D eigenvalue weighted by Crippen LogP contribution is 2.36. The average molecular weight is 245 g/mol. The molecule has 0 spiro atoms. The van der Waals surface area contributed by atoms with Gasteiger partial charge in [-0.05, 0) is 24.7 Å². The minimum absolute atomic E-state index is 0.115. The van der Waals surface area contributed by atoms with Crippen LogP contribution in [-0.2, 0) is 10.8 Å². The van der Waals surface area contributed by atoms with Crippen LogP contribution < -0.4 is 5.73 Å². The molecule has 2 nitrogen and oxygen atoms in total. The molecule has 2 N–H and O–H groups in total. The Morgan fingerprint density at radius 3 is 2.69 bits per heavy atom. The molecule has 0 heterocycles. The quantitative estimate of drug-likeness (QED) is 0.757. The maximum absolute atomic E-state index is 12.2. The van der Waals surface area contributed by atoms with Gasteiger partial charge in [0.05, 0.1) is 5.25 Å². The van der Waals surface area contributed by atoms with Crippen LogP contribution in [0.4, 0.5) is 0 Å². The van der Waals surface area contributed by atoms with E-state index in [2.05, 4.69) is 20.8 Å². The van der Waals surface area contributed by atoms with Crippen LogP contribution in [0.2, 0.25) is 0 Å². The number of rotatable bonds is 5. The molecule has 1 rings (SSSR count). The van der Waals surface area contributed by atoms with E-state index >= 15 is 0 Å². The fourth-order valence-electron chi connectivity index (χ4n) is 2.55. The third kappa shape index (κ3) is 3.56. The number of hydrogen-bond donors (Lipinski definition) is 1. The first-order valence-corrected chi connectivity index (χ1v) is 8.00. The van der Waals surface area contributed by atoms with Gasteiger partial charge in [0.25, 0.3) is 0 Å². The lowest BCUT2D eigenvalue weighted by Gasteiger charge is -2.41. The highest BCUT2D eigenvalue weighted by molar-refractivity contribution is 7.85.